The minimum Gasteiger partial charge on any atom is -0.756 e. The minimum absolute atomic E-state index is 0.00215. The molecule has 0 radical (unpaired) electrons. The molecule has 0 bridgehead atoms. The van der Waals surface area contributed by atoms with Gasteiger partial charge in [0, 0.05) is 6.42 Å². The standard InChI is InChI=1S/C53H107N2O6P/c1-6-8-10-12-14-16-18-19-20-21-22-23-24-25-26-27-28-29-30-31-32-33-34-35-37-39-41-43-45-47-53(57)54-51(50-61-62(58,59)60-49-48-55(3,4)5)52(56)46-44-42-40-38-36-17-15-13-11-9-7-2/h44,46,51-52,56H,6-43,45,47-50H2,1-5H3,(H-,54,57,58,59)/b46-44+/t51-,52+/m0/s1. The molecule has 62 heavy (non-hydrogen) atoms. The molecule has 0 aromatic rings. The summed E-state index contributed by atoms with van der Waals surface area (Å²) >= 11 is 0. The van der Waals surface area contributed by atoms with Gasteiger partial charge < -0.3 is 28.8 Å². The number of nitrogens with one attached hydrogen (secondary N) is 1. The van der Waals surface area contributed by atoms with Crippen LogP contribution in [0.15, 0.2) is 12.2 Å². The lowest BCUT2D eigenvalue weighted by Gasteiger charge is -2.29. The molecule has 0 heterocycles. The summed E-state index contributed by atoms with van der Waals surface area (Å²) in [6.45, 7) is 4.66. The van der Waals surface area contributed by atoms with E-state index in [-0.39, 0.29) is 19.1 Å². The summed E-state index contributed by atoms with van der Waals surface area (Å²) in [7, 11) is 1.27. The van der Waals surface area contributed by atoms with Gasteiger partial charge in [0.2, 0.25) is 5.91 Å². The quantitative estimate of drug-likeness (QED) is 0.0272. The molecule has 2 N–H and O–H groups in total. The van der Waals surface area contributed by atoms with E-state index in [2.05, 4.69) is 19.2 Å². The largest absolute Gasteiger partial charge is 0.756 e. The van der Waals surface area contributed by atoms with Gasteiger partial charge in [-0.05, 0) is 19.3 Å². The van der Waals surface area contributed by atoms with Crippen LogP contribution in [0.4, 0.5) is 0 Å². The first-order valence-electron chi connectivity index (χ1n) is 27.1. The summed E-state index contributed by atoms with van der Waals surface area (Å²) in [6, 6.07) is -0.880. The Kier molecular flexibility index (Phi) is 44.8. The van der Waals surface area contributed by atoms with E-state index in [1.54, 1.807) is 6.08 Å². The average Bonchev–Trinajstić information content (AvgIpc) is 3.23. The van der Waals surface area contributed by atoms with Gasteiger partial charge in [-0.25, -0.2) is 0 Å². The lowest BCUT2D eigenvalue weighted by Crippen LogP contribution is -2.45. The molecule has 0 saturated heterocycles. The van der Waals surface area contributed by atoms with Gasteiger partial charge in [0.25, 0.3) is 7.82 Å². The molecule has 0 spiro atoms. The molecule has 370 valence electrons. The highest BCUT2D eigenvalue weighted by atomic mass is 31.2. The third kappa shape index (κ3) is 47.2. The van der Waals surface area contributed by atoms with E-state index in [1.165, 1.54) is 212 Å². The molecule has 0 aliphatic carbocycles. The second kappa shape index (κ2) is 45.4. The molecule has 0 aliphatic rings. The Labute approximate surface area is 386 Å². The van der Waals surface area contributed by atoms with Crippen LogP contribution in [0.25, 0.3) is 0 Å². The van der Waals surface area contributed by atoms with E-state index < -0.39 is 20.0 Å². The summed E-state index contributed by atoms with van der Waals surface area (Å²) in [5.41, 5.74) is 0. The molecule has 0 saturated carbocycles. The van der Waals surface area contributed by atoms with Crippen molar-refractivity contribution in [3.8, 4) is 0 Å². The Hall–Kier alpha value is -0.760. The number of unbranched alkanes of at least 4 members (excludes halogenated alkanes) is 37. The number of aliphatic hydroxyl groups is 1. The maximum absolute atomic E-state index is 12.9. The number of carbonyl (C=O) groups excluding carboxylic acids is 1. The lowest BCUT2D eigenvalue weighted by atomic mass is 10.0. The highest BCUT2D eigenvalue weighted by Gasteiger charge is 2.23. The van der Waals surface area contributed by atoms with E-state index in [0.717, 1.165) is 38.5 Å². The fourth-order valence-electron chi connectivity index (χ4n) is 8.21. The zero-order chi connectivity index (χ0) is 45.7. The second-order valence-corrected chi connectivity index (χ2v) is 21.4. The first-order valence-corrected chi connectivity index (χ1v) is 28.5. The van der Waals surface area contributed by atoms with Gasteiger partial charge in [0.1, 0.15) is 13.2 Å². The van der Waals surface area contributed by atoms with Crippen molar-refractivity contribution in [3.05, 3.63) is 12.2 Å². The van der Waals surface area contributed by atoms with E-state index >= 15 is 0 Å². The van der Waals surface area contributed by atoms with Gasteiger partial charge in [-0.3, -0.25) is 9.36 Å². The maximum Gasteiger partial charge on any atom is 0.268 e. The van der Waals surface area contributed by atoms with Crippen LogP contribution in [-0.2, 0) is 18.4 Å². The zero-order valence-electron chi connectivity index (χ0n) is 42.1. The highest BCUT2D eigenvalue weighted by molar-refractivity contribution is 7.45. The third-order valence-corrected chi connectivity index (χ3v) is 13.5. The van der Waals surface area contributed by atoms with Crippen molar-refractivity contribution in [2.24, 2.45) is 0 Å². The number of amides is 1. The van der Waals surface area contributed by atoms with Crippen molar-refractivity contribution in [3.63, 3.8) is 0 Å². The predicted molar refractivity (Wildman–Crippen MR) is 266 cm³/mol. The SMILES string of the molecule is CCCCCCCCCCC/C=C/[C@@H](O)[C@H](COP(=O)([O-])OCC[N+](C)(C)C)NC(=O)CCCCCCCCCCCCCCCCCCCCCCCCCCCCCCC. The molecule has 1 amide bonds. The molecule has 3 atom stereocenters. The fourth-order valence-corrected chi connectivity index (χ4v) is 8.94. The Balaban J connectivity index is 4.00. The van der Waals surface area contributed by atoms with Crippen LogP contribution in [0.5, 0.6) is 0 Å². The average molecular weight is 899 g/mol. The van der Waals surface area contributed by atoms with Crippen LogP contribution in [0.2, 0.25) is 0 Å². The van der Waals surface area contributed by atoms with Gasteiger partial charge in [-0.15, -0.1) is 0 Å². The number of phosphoric acid groups is 1. The Bertz CT molecular complexity index is 1020. The molecule has 0 aliphatic heterocycles. The van der Waals surface area contributed by atoms with Gasteiger partial charge in [0.15, 0.2) is 0 Å². The van der Waals surface area contributed by atoms with Gasteiger partial charge in [0.05, 0.1) is 39.9 Å². The number of hydrogen-bond donors (Lipinski definition) is 2. The molecular weight excluding hydrogens is 792 g/mol. The van der Waals surface area contributed by atoms with Crippen molar-refractivity contribution in [1.82, 2.24) is 5.32 Å². The summed E-state index contributed by atoms with van der Waals surface area (Å²) in [4.78, 5) is 25.4. The van der Waals surface area contributed by atoms with Crippen LogP contribution in [0, 0.1) is 0 Å². The molecule has 0 aromatic heterocycles. The first-order chi connectivity index (χ1) is 30.0. The number of likely N-dealkylation sites (N-methyl/N-ethyl adjacent to an activating group) is 1. The van der Waals surface area contributed by atoms with E-state index in [4.69, 9.17) is 9.05 Å². The number of aliphatic hydroxyl groups excluding tert-OH is 1. The number of phosphoric ester groups is 1. The number of allylic oxidation sites excluding steroid dienone is 1. The summed E-state index contributed by atoms with van der Waals surface area (Å²) in [5.74, 6) is -0.193. The van der Waals surface area contributed by atoms with Crippen LogP contribution in [0.1, 0.15) is 271 Å². The monoisotopic (exact) mass is 899 g/mol. The number of nitrogens with zero attached hydrogens (tertiary/aromatic N) is 1. The normalized spacial score (nSPS) is 14.1. The molecular formula is C53H107N2O6P. The number of hydrogen-bond acceptors (Lipinski definition) is 6. The van der Waals surface area contributed by atoms with Crippen molar-refractivity contribution in [2.45, 2.75) is 283 Å². The molecule has 0 fully saturated rings. The number of carbonyl (C=O) groups is 1. The highest BCUT2D eigenvalue weighted by Crippen LogP contribution is 2.38. The smallest absolute Gasteiger partial charge is 0.268 e. The van der Waals surface area contributed by atoms with Crippen molar-refractivity contribution < 1.29 is 32.9 Å². The Morgan fingerprint density at radius 2 is 0.871 bits per heavy atom. The molecule has 8 nitrogen and oxygen atoms in total. The molecule has 0 aromatic carbocycles. The summed E-state index contributed by atoms with van der Waals surface area (Å²) in [6.07, 6.45) is 54.4. The lowest BCUT2D eigenvalue weighted by molar-refractivity contribution is -0.870. The number of quaternary nitrogens is 1. The third-order valence-electron chi connectivity index (χ3n) is 12.5. The second-order valence-electron chi connectivity index (χ2n) is 19.9. The van der Waals surface area contributed by atoms with Crippen LogP contribution in [-0.4, -0.2) is 68.5 Å². The van der Waals surface area contributed by atoms with E-state index in [0.29, 0.717) is 17.4 Å². The van der Waals surface area contributed by atoms with E-state index in [1.807, 2.05) is 27.2 Å². The maximum atomic E-state index is 12.9. The van der Waals surface area contributed by atoms with Crippen LogP contribution < -0.4 is 10.2 Å². The predicted octanol–water partition coefficient (Wildman–Crippen LogP) is 15.2. The van der Waals surface area contributed by atoms with Crippen molar-refractivity contribution in [1.29, 1.82) is 0 Å². The first kappa shape index (κ1) is 61.2. The number of rotatable bonds is 50. The van der Waals surface area contributed by atoms with Crippen LogP contribution in [0.3, 0.4) is 0 Å². The summed E-state index contributed by atoms with van der Waals surface area (Å²) < 4.78 is 23.2. The van der Waals surface area contributed by atoms with Crippen molar-refractivity contribution in [2.75, 3.05) is 40.9 Å². The fraction of sp³-hybridized carbons (Fsp3) is 0.943. The van der Waals surface area contributed by atoms with Crippen molar-refractivity contribution >= 4 is 13.7 Å². The topological polar surface area (TPSA) is 108 Å². The molecule has 0 rings (SSSR count). The Morgan fingerprint density at radius 3 is 1.21 bits per heavy atom. The summed E-state index contributed by atoms with van der Waals surface area (Å²) in [5, 5.41) is 13.8. The van der Waals surface area contributed by atoms with Gasteiger partial charge in [-0.2, -0.15) is 0 Å². The zero-order valence-corrected chi connectivity index (χ0v) is 43.0. The Morgan fingerprint density at radius 1 is 0.548 bits per heavy atom. The van der Waals surface area contributed by atoms with Crippen LogP contribution >= 0.6 is 7.82 Å². The van der Waals surface area contributed by atoms with Gasteiger partial charge >= 0.3 is 0 Å². The van der Waals surface area contributed by atoms with E-state index in [9.17, 15) is 19.4 Å². The molecule has 1 unspecified atom stereocenters. The minimum atomic E-state index is -4.58. The van der Waals surface area contributed by atoms with Gasteiger partial charge in [-0.1, -0.05) is 257 Å². The molecule has 9 heteroatoms.